The van der Waals surface area contributed by atoms with Gasteiger partial charge in [0.15, 0.2) is 0 Å². The first-order valence-electron chi connectivity index (χ1n) is 12.3. The molecule has 0 saturated heterocycles. The van der Waals surface area contributed by atoms with E-state index in [1.165, 1.54) is 0 Å². The van der Waals surface area contributed by atoms with Crippen LogP contribution in [0.5, 0.6) is 11.5 Å². The molecule has 0 fully saturated rings. The third-order valence-electron chi connectivity index (χ3n) is 6.70. The maximum absolute atomic E-state index is 14.6. The minimum atomic E-state index is -0.460. The van der Waals surface area contributed by atoms with Crippen molar-refractivity contribution in [3.05, 3.63) is 117 Å². The Morgan fingerprint density at radius 2 is 1.13 bits per heavy atom. The molecule has 0 spiro atoms. The van der Waals surface area contributed by atoms with E-state index < -0.39 is 11.8 Å². The second-order valence-corrected chi connectivity index (χ2v) is 10.1. The molecule has 0 N–H and O–H groups in total. The number of benzene rings is 2. The third-order valence-corrected chi connectivity index (χ3v) is 7.41. The summed E-state index contributed by atoms with van der Waals surface area (Å²) in [6, 6.07) is 18.9. The molecule has 4 aromatic rings. The molecule has 0 radical (unpaired) electrons. The Morgan fingerprint density at radius 3 is 1.47 bits per heavy atom. The molecule has 0 bridgehead atoms. The average Bonchev–Trinajstić information content (AvgIpc) is 2.91. The molecule has 2 aromatic carbocycles. The molecule has 2 atom stereocenters. The summed E-state index contributed by atoms with van der Waals surface area (Å²) >= 11 is 13.3. The molecule has 0 amide bonds. The Labute approximate surface area is 233 Å². The van der Waals surface area contributed by atoms with Crippen LogP contribution in [-0.2, 0) is 17.6 Å². The number of aromatic nitrogens is 2. The van der Waals surface area contributed by atoms with Crippen LogP contribution in [0.15, 0.2) is 73.1 Å². The number of Topliss-reactive ketones (excluding diaryl/α,β-unsaturated/α-hetero) is 1. The summed E-state index contributed by atoms with van der Waals surface area (Å²) in [6.07, 6.45) is 4.35. The molecule has 2 aromatic heterocycles. The van der Waals surface area contributed by atoms with E-state index in [1.54, 1.807) is 38.7 Å². The fourth-order valence-electron chi connectivity index (χ4n) is 4.66. The topological polar surface area (TPSA) is 61.3 Å². The van der Waals surface area contributed by atoms with Gasteiger partial charge in [-0.3, -0.25) is 14.8 Å². The van der Waals surface area contributed by atoms with Gasteiger partial charge >= 0.3 is 0 Å². The van der Waals surface area contributed by atoms with Crippen molar-refractivity contribution in [1.29, 1.82) is 0 Å². The van der Waals surface area contributed by atoms with Crippen LogP contribution in [-0.4, -0.2) is 30.0 Å². The maximum atomic E-state index is 14.6. The van der Waals surface area contributed by atoms with Crippen molar-refractivity contribution in [2.24, 2.45) is 0 Å². The van der Waals surface area contributed by atoms with Gasteiger partial charge in [0.25, 0.3) is 0 Å². The molecule has 0 aliphatic carbocycles. The van der Waals surface area contributed by atoms with Gasteiger partial charge < -0.3 is 9.47 Å². The van der Waals surface area contributed by atoms with E-state index in [9.17, 15) is 4.79 Å². The lowest BCUT2D eigenvalue weighted by molar-refractivity contribution is -0.122. The molecular weight excluding hydrogens is 519 g/mol. The lowest BCUT2D eigenvalue weighted by Gasteiger charge is -2.25. The van der Waals surface area contributed by atoms with Crippen molar-refractivity contribution < 1.29 is 14.3 Å². The molecule has 196 valence electrons. The second kappa shape index (κ2) is 12.4. The van der Waals surface area contributed by atoms with E-state index >= 15 is 0 Å². The molecule has 2 heterocycles. The Balaban J connectivity index is 1.79. The molecule has 0 saturated carbocycles. The predicted octanol–water partition coefficient (Wildman–Crippen LogP) is 7.34. The number of rotatable bonds is 10. The monoisotopic (exact) mass is 548 g/mol. The lowest BCUT2D eigenvalue weighted by atomic mass is 9.78. The number of ether oxygens (including phenoxy) is 2. The zero-order chi connectivity index (χ0) is 27.2. The zero-order valence-electron chi connectivity index (χ0n) is 21.9. The van der Waals surface area contributed by atoms with Gasteiger partial charge in [0.1, 0.15) is 17.3 Å². The third kappa shape index (κ3) is 6.53. The number of pyridine rings is 2. The van der Waals surface area contributed by atoms with Crippen LogP contribution in [0.25, 0.3) is 0 Å². The van der Waals surface area contributed by atoms with Crippen LogP contribution in [0.1, 0.15) is 45.5 Å². The van der Waals surface area contributed by atoms with Crippen molar-refractivity contribution in [1.82, 2.24) is 9.97 Å². The fourth-order valence-corrected chi connectivity index (χ4v) is 5.15. The smallest absolute Gasteiger partial charge is 0.148 e. The Hall–Kier alpha value is -3.41. The normalized spacial score (nSPS) is 12.6. The van der Waals surface area contributed by atoms with Crippen LogP contribution < -0.4 is 9.47 Å². The number of aryl methyl sites for hydroxylation is 2. The summed E-state index contributed by atoms with van der Waals surface area (Å²) in [4.78, 5) is 23.3. The first-order chi connectivity index (χ1) is 18.3. The van der Waals surface area contributed by atoms with Crippen molar-refractivity contribution in [3.8, 4) is 11.5 Å². The molecule has 2 unspecified atom stereocenters. The Morgan fingerprint density at radius 1 is 0.711 bits per heavy atom. The quantitative estimate of drug-likeness (QED) is 0.207. The number of carbonyl (C=O) groups excluding carboxylic acids is 1. The van der Waals surface area contributed by atoms with Crippen LogP contribution in [0.4, 0.5) is 0 Å². The molecular formula is C31H30Cl2N2O3. The maximum Gasteiger partial charge on any atom is 0.148 e. The van der Waals surface area contributed by atoms with Crippen LogP contribution in [0.2, 0.25) is 10.0 Å². The number of hydrogen-bond acceptors (Lipinski definition) is 5. The van der Waals surface area contributed by atoms with Crippen LogP contribution in [0, 0.1) is 13.8 Å². The zero-order valence-corrected chi connectivity index (χ0v) is 23.4. The number of methoxy groups -OCH3 is 2. The second-order valence-electron chi connectivity index (χ2n) is 9.29. The van der Waals surface area contributed by atoms with Crippen LogP contribution >= 0.6 is 23.2 Å². The number of carbonyl (C=O) groups is 1. The highest BCUT2D eigenvalue weighted by atomic mass is 35.5. The van der Waals surface area contributed by atoms with Gasteiger partial charge in [0.2, 0.25) is 0 Å². The van der Waals surface area contributed by atoms with Crippen molar-refractivity contribution in [3.63, 3.8) is 0 Å². The van der Waals surface area contributed by atoms with Gasteiger partial charge in [-0.05, 0) is 97.5 Å². The fraction of sp³-hybridized carbons (Fsp3) is 0.258. The Bertz CT molecular complexity index is 1330. The molecule has 7 heteroatoms. The number of halogens is 2. The SMILES string of the molecule is COc1ccc(CC(C(=O)C(Cc2ccc(OC)cc2Cl)c2ccnc(C)c2)c2ccnc(C)c2)c(Cl)c1. The van der Waals surface area contributed by atoms with Gasteiger partial charge in [-0.2, -0.15) is 0 Å². The average molecular weight is 549 g/mol. The summed E-state index contributed by atoms with van der Waals surface area (Å²) in [7, 11) is 3.20. The van der Waals surface area contributed by atoms with Crippen molar-refractivity contribution >= 4 is 29.0 Å². The number of nitrogens with zero attached hydrogens (tertiary/aromatic N) is 2. The van der Waals surface area contributed by atoms with Crippen LogP contribution in [0.3, 0.4) is 0 Å². The van der Waals surface area contributed by atoms with E-state index in [0.29, 0.717) is 34.4 Å². The summed E-state index contributed by atoms with van der Waals surface area (Å²) in [5, 5.41) is 1.12. The summed E-state index contributed by atoms with van der Waals surface area (Å²) in [5.74, 6) is 0.484. The Kier molecular flexibility index (Phi) is 9.03. The lowest BCUT2D eigenvalue weighted by Crippen LogP contribution is -2.25. The first-order valence-corrected chi connectivity index (χ1v) is 13.1. The highest BCUT2D eigenvalue weighted by molar-refractivity contribution is 6.31. The molecule has 0 aliphatic heterocycles. The van der Waals surface area contributed by atoms with Gasteiger partial charge in [0.05, 0.1) is 14.2 Å². The van der Waals surface area contributed by atoms with Gasteiger partial charge in [-0.1, -0.05) is 35.3 Å². The standard InChI is InChI=1S/C31H30Cl2N2O3/c1-19-13-21(9-11-34-19)27(15-23-5-7-25(37-3)17-29(23)32)31(36)28(22-10-12-35-20(2)14-22)16-24-6-8-26(38-4)18-30(24)33/h5-14,17-18,27-28H,15-16H2,1-4H3. The highest BCUT2D eigenvalue weighted by Gasteiger charge is 2.31. The van der Waals surface area contributed by atoms with E-state index in [-0.39, 0.29) is 5.78 Å². The number of hydrogen-bond donors (Lipinski definition) is 0. The van der Waals surface area contributed by atoms with Gasteiger partial charge in [-0.15, -0.1) is 0 Å². The van der Waals surface area contributed by atoms with Gasteiger partial charge in [0, 0.05) is 45.7 Å². The van der Waals surface area contributed by atoms with E-state index in [1.807, 2.05) is 62.4 Å². The van der Waals surface area contributed by atoms with Gasteiger partial charge in [-0.25, -0.2) is 0 Å². The van der Waals surface area contributed by atoms with E-state index in [0.717, 1.165) is 33.6 Å². The number of ketones is 1. The molecule has 38 heavy (non-hydrogen) atoms. The summed E-state index contributed by atoms with van der Waals surface area (Å²) in [5.41, 5.74) is 5.21. The summed E-state index contributed by atoms with van der Waals surface area (Å²) in [6.45, 7) is 3.85. The van der Waals surface area contributed by atoms with E-state index in [4.69, 9.17) is 32.7 Å². The molecule has 5 nitrogen and oxygen atoms in total. The highest BCUT2D eigenvalue weighted by Crippen LogP contribution is 2.36. The largest absolute Gasteiger partial charge is 0.497 e. The van der Waals surface area contributed by atoms with E-state index in [2.05, 4.69) is 9.97 Å². The summed E-state index contributed by atoms with van der Waals surface area (Å²) < 4.78 is 10.6. The molecule has 0 aliphatic rings. The van der Waals surface area contributed by atoms with Crippen molar-refractivity contribution in [2.75, 3.05) is 14.2 Å². The minimum Gasteiger partial charge on any atom is -0.497 e. The molecule has 4 rings (SSSR count). The first kappa shape index (κ1) is 27.6. The minimum absolute atomic E-state index is 0.0694. The van der Waals surface area contributed by atoms with Crippen molar-refractivity contribution in [2.45, 2.75) is 38.5 Å². The predicted molar refractivity (Wildman–Crippen MR) is 152 cm³/mol.